The Morgan fingerprint density at radius 2 is 1.53 bits per heavy atom. The molecule has 0 aliphatic rings. The molecule has 1 nitrogen and oxygen atoms in total. The van der Waals surface area contributed by atoms with Gasteiger partial charge in [0.15, 0.2) is 0 Å². The molecular weight excluding hydrogens is 319 g/mol. The number of hydrogen-bond acceptors (Lipinski definition) is 1. The number of hydrogen-bond donors (Lipinski definition) is 1. The fourth-order valence-electron chi connectivity index (χ4n) is 1.79. The van der Waals surface area contributed by atoms with E-state index in [4.69, 9.17) is 5.73 Å². The van der Waals surface area contributed by atoms with Crippen molar-refractivity contribution in [3.8, 4) is 0 Å². The minimum atomic E-state index is -4.32. The Morgan fingerprint density at radius 3 is 2.05 bits per heavy atom. The number of benzene rings is 2. The van der Waals surface area contributed by atoms with Gasteiger partial charge in [-0.25, -0.2) is 0 Å². The lowest BCUT2D eigenvalue weighted by Gasteiger charge is -2.15. The zero-order chi connectivity index (χ0) is 14.0. The number of nitrogens with two attached hydrogens (primary N) is 1. The summed E-state index contributed by atoms with van der Waals surface area (Å²) in [6.45, 7) is 0. The van der Waals surface area contributed by atoms with E-state index in [9.17, 15) is 13.2 Å². The maximum Gasteiger partial charge on any atom is 0.416 e. The number of alkyl halides is 3. The van der Waals surface area contributed by atoms with E-state index in [1.54, 1.807) is 0 Å². The largest absolute Gasteiger partial charge is 0.416 e. The molecule has 2 N–H and O–H groups in total. The zero-order valence-electron chi connectivity index (χ0n) is 9.79. The molecule has 0 unspecified atom stereocenters. The van der Waals surface area contributed by atoms with Crippen LogP contribution in [0, 0.1) is 0 Å². The Hall–Kier alpha value is -1.33. The SMILES string of the molecule is N[C@@H](c1ccc(C(F)(F)F)cc1)c1ccccc1Br. The summed E-state index contributed by atoms with van der Waals surface area (Å²) < 4.78 is 38.2. The van der Waals surface area contributed by atoms with Crippen LogP contribution in [-0.4, -0.2) is 0 Å². The van der Waals surface area contributed by atoms with E-state index < -0.39 is 17.8 Å². The van der Waals surface area contributed by atoms with E-state index in [2.05, 4.69) is 15.9 Å². The standard InChI is InChI=1S/C14H11BrF3N/c15-12-4-2-1-3-11(12)13(19)9-5-7-10(8-6-9)14(16,17)18/h1-8,13H,19H2/t13-/m0/s1. The lowest BCUT2D eigenvalue weighted by atomic mass is 9.98. The van der Waals surface area contributed by atoms with Crippen LogP contribution in [0.1, 0.15) is 22.7 Å². The first-order chi connectivity index (χ1) is 8.89. The van der Waals surface area contributed by atoms with Crippen LogP contribution in [-0.2, 0) is 6.18 Å². The third kappa shape index (κ3) is 3.16. The molecule has 0 spiro atoms. The molecule has 0 bridgehead atoms. The van der Waals surface area contributed by atoms with Gasteiger partial charge in [-0.15, -0.1) is 0 Å². The smallest absolute Gasteiger partial charge is 0.320 e. The second-order valence-electron chi connectivity index (χ2n) is 4.12. The van der Waals surface area contributed by atoms with Crippen LogP contribution >= 0.6 is 15.9 Å². The van der Waals surface area contributed by atoms with Gasteiger partial charge in [0, 0.05) is 4.47 Å². The van der Waals surface area contributed by atoms with E-state index in [1.807, 2.05) is 24.3 Å². The summed E-state index contributed by atoms with van der Waals surface area (Å²) in [7, 11) is 0. The monoisotopic (exact) mass is 329 g/mol. The number of rotatable bonds is 2. The molecule has 19 heavy (non-hydrogen) atoms. The van der Waals surface area contributed by atoms with Gasteiger partial charge in [-0.2, -0.15) is 13.2 Å². The molecule has 2 aromatic rings. The average molecular weight is 330 g/mol. The van der Waals surface area contributed by atoms with Crippen LogP contribution in [0.25, 0.3) is 0 Å². The van der Waals surface area contributed by atoms with E-state index in [0.717, 1.165) is 22.2 Å². The van der Waals surface area contributed by atoms with Gasteiger partial charge < -0.3 is 5.73 Å². The summed E-state index contributed by atoms with van der Waals surface area (Å²) >= 11 is 3.38. The highest BCUT2D eigenvalue weighted by Gasteiger charge is 2.30. The van der Waals surface area contributed by atoms with Gasteiger partial charge >= 0.3 is 6.18 Å². The van der Waals surface area contributed by atoms with Crippen LogP contribution in [0.3, 0.4) is 0 Å². The quantitative estimate of drug-likeness (QED) is 0.861. The highest BCUT2D eigenvalue weighted by molar-refractivity contribution is 9.10. The molecule has 2 rings (SSSR count). The molecule has 0 aliphatic carbocycles. The van der Waals surface area contributed by atoms with Gasteiger partial charge in [0.25, 0.3) is 0 Å². The van der Waals surface area contributed by atoms with Crippen LogP contribution in [0.5, 0.6) is 0 Å². The summed E-state index contributed by atoms with van der Waals surface area (Å²) in [5, 5.41) is 0. The topological polar surface area (TPSA) is 26.0 Å². The molecule has 1 atom stereocenters. The molecule has 0 radical (unpaired) electrons. The molecule has 0 saturated carbocycles. The molecule has 0 aromatic heterocycles. The highest BCUT2D eigenvalue weighted by atomic mass is 79.9. The Balaban J connectivity index is 2.31. The van der Waals surface area contributed by atoms with E-state index in [0.29, 0.717) is 5.56 Å². The van der Waals surface area contributed by atoms with Gasteiger partial charge in [0.1, 0.15) is 0 Å². The Kier molecular flexibility index (Phi) is 3.96. The van der Waals surface area contributed by atoms with Crippen molar-refractivity contribution in [1.82, 2.24) is 0 Å². The maximum absolute atomic E-state index is 12.5. The fraction of sp³-hybridized carbons (Fsp3) is 0.143. The average Bonchev–Trinajstić information content (AvgIpc) is 2.38. The van der Waals surface area contributed by atoms with Gasteiger partial charge in [-0.05, 0) is 29.3 Å². The van der Waals surface area contributed by atoms with E-state index in [-0.39, 0.29) is 0 Å². The first-order valence-corrected chi connectivity index (χ1v) is 6.36. The third-order valence-corrected chi connectivity index (χ3v) is 3.56. The molecule has 0 amide bonds. The first kappa shape index (κ1) is 14.1. The van der Waals surface area contributed by atoms with E-state index in [1.165, 1.54) is 12.1 Å². The molecule has 2 aromatic carbocycles. The minimum Gasteiger partial charge on any atom is -0.320 e. The van der Waals surface area contributed by atoms with Crippen molar-refractivity contribution in [1.29, 1.82) is 0 Å². The normalized spacial score (nSPS) is 13.3. The molecular formula is C14H11BrF3N. The number of halogens is 4. The summed E-state index contributed by atoms with van der Waals surface area (Å²) in [5.74, 6) is 0. The van der Waals surface area contributed by atoms with Gasteiger partial charge in [-0.1, -0.05) is 46.3 Å². The van der Waals surface area contributed by atoms with E-state index >= 15 is 0 Å². The predicted molar refractivity (Wildman–Crippen MR) is 71.6 cm³/mol. The molecule has 0 heterocycles. The lowest BCUT2D eigenvalue weighted by Crippen LogP contribution is -2.13. The third-order valence-electron chi connectivity index (χ3n) is 2.84. The summed E-state index contributed by atoms with van der Waals surface area (Å²) in [6, 6.07) is 11.8. The van der Waals surface area contributed by atoms with Crippen molar-refractivity contribution >= 4 is 15.9 Å². The Bertz CT molecular complexity index is 564. The molecule has 100 valence electrons. The van der Waals surface area contributed by atoms with Gasteiger partial charge in [-0.3, -0.25) is 0 Å². The molecule has 0 aliphatic heterocycles. The van der Waals surface area contributed by atoms with Crippen LogP contribution in [0.15, 0.2) is 53.0 Å². The van der Waals surface area contributed by atoms with Crippen molar-refractivity contribution in [3.05, 3.63) is 69.7 Å². The van der Waals surface area contributed by atoms with Crippen molar-refractivity contribution in [2.45, 2.75) is 12.2 Å². The second kappa shape index (κ2) is 5.35. The predicted octanol–water partition coefficient (Wildman–Crippen LogP) is 4.52. The highest BCUT2D eigenvalue weighted by Crippen LogP contribution is 2.31. The van der Waals surface area contributed by atoms with Crippen LogP contribution in [0.4, 0.5) is 13.2 Å². The maximum atomic E-state index is 12.5. The van der Waals surface area contributed by atoms with Crippen LogP contribution in [0.2, 0.25) is 0 Å². The fourth-order valence-corrected chi connectivity index (χ4v) is 2.32. The van der Waals surface area contributed by atoms with Crippen molar-refractivity contribution in [2.75, 3.05) is 0 Å². The molecule has 5 heteroatoms. The second-order valence-corrected chi connectivity index (χ2v) is 4.97. The Morgan fingerprint density at radius 1 is 0.947 bits per heavy atom. The molecule has 0 saturated heterocycles. The Labute approximate surface area is 117 Å². The van der Waals surface area contributed by atoms with Crippen LogP contribution < -0.4 is 5.73 Å². The lowest BCUT2D eigenvalue weighted by molar-refractivity contribution is -0.137. The van der Waals surface area contributed by atoms with Gasteiger partial charge in [0.05, 0.1) is 11.6 Å². The van der Waals surface area contributed by atoms with Gasteiger partial charge in [0.2, 0.25) is 0 Å². The summed E-state index contributed by atoms with van der Waals surface area (Å²) in [5.41, 5.74) is 6.87. The zero-order valence-corrected chi connectivity index (χ0v) is 11.4. The minimum absolute atomic E-state index is 0.460. The van der Waals surface area contributed by atoms with Crippen molar-refractivity contribution in [3.63, 3.8) is 0 Å². The van der Waals surface area contributed by atoms with Crippen molar-refractivity contribution < 1.29 is 13.2 Å². The molecule has 0 fully saturated rings. The first-order valence-electron chi connectivity index (χ1n) is 5.57. The summed E-state index contributed by atoms with van der Waals surface area (Å²) in [6.07, 6.45) is -4.32. The van der Waals surface area contributed by atoms with Crippen molar-refractivity contribution in [2.24, 2.45) is 5.73 Å². The summed E-state index contributed by atoms with van der Waals surface area (Å²) in [4.78, 5) is 0.